The third kappa shape index (κ3) is 3.36. The predicted octanol–water partition coefficient (Wildman–Crippen LogP) is 4.08. The number of aromatic nitrogens is 1. The molecule has 1 heterocycles. The van der Waals surface area contributed by atoms with Crippen molar-refractivity contribution in [2.24, 2.45) is 0 Å². The summed E-state index contributed by atoms with van der Waals surface area (Å²) in [6.45, 7) is 1.98. The van der Waals surface area contributed by atoms with Gasteiger partial charge in [-0.05, 0) is 37.3 Å². The van der Waals surface area contributed by atoms with Crippen molar-refractivity contribution >= 4 is 29.0 Å². The van der Waals surface area contributed by atoms with Gasteiger partial charge in [-0.1, -0.05) is 36.0 Å². The highest BCUT2D eigenvalue weighted by molar-refractivity contribution is 8.01. The number of hydrogen-bond acceptors (Lipinski definition) is 4. The fourth-order valence-electron chi connectivity index (χ4n) is 2.93. The third-order valence-corrected chi connectivity index (χ3v) is 6.24. The van der Waals surface area contributed by atoms with E-state index in [1.807, 2.05) is 24.3 Å². The highest BCUT2D eigenvalue weighted by atomic mass is 32.2. The van der Waals surface area contributed by atoms with E-state index < -0.39 is 0 Å². The van der Waals surface area contributed by atoms with E-state index in [1.165, 1.54) is 22.9 Å². The normalized spacial score (nSPS) is 17.1. The van der Waals surface area contributed by atoms with Crippen LogP contribution in [-0.2, 0) is 11.2 Å². The highest BCUT2D eigenvalue weighted by Crippen LogP contribution is 2.34. The smallest absolute Gasteiger partial charge is 0.233 e. The molecule has 3 rings (SSSR count). The first kappa shape index (κ1) is 15.6. The van der Waals surface area contributed by atoms with Crippen LogP contribution in [0.25, 0.3) is 0 Å². The van der Waals surface area contributed by atoms with E-state index in [9.17, 15) is 4.79 Å². The highest BCUT2D eigenvalue weighted by Gasteiger charge is 2.26. The van der Waals surface area contributed by atoms with Crippen LogP contribution in [-0.4, -0.2) is 28.6 Å². The monoisotopic (exact) mass is 332 g/mol. The number of benzene rings is 1. The number of fused-ring (bicyclic) bond motifs is 1. The van der Waals surface area contributed by atoms with Crippen LogP contribution in [0.5, 0.6) is 0 Å². The summed E-state index contributed by atoms with van der Waals surface area (Å²) in [7, 11) is 1.93. The first-order chi connectivity index (χ1) is 10.6. The molecule has 3 nitrogen and oxygen atoms in total. The Morgan fingerprint density at radius 1 is 1.45 bits per heavy atom. The van der Waals surface area contributed by atoms with E-state index in [1.54, 1.807) is 11.3 Å². The van der Waals surface area contributed by atoms with Gasteiger partial charge in [0, 0.05) is 18.1 Å². The molecular weight excluding hydrogens is 312 g/mol. The van der Waals surface area contributed by atoms with E-state index in [-0.39, 0.29) is 11.9 Å². The van der Waals surface area contributed by atoms with Gasteiger partial charge in [-0.25, -0.2) is 4.98 Å². The fraction of sp³-hybridized carbons (Fsp3) is 0.412. The summed E-state index contributed by atoms with van der Waals surface area (Å²) in [5, 5.41) is 2.02. The van der Waals surface area contributed by atoms with Gasteiger partial charge in [0.25, 0.3) is 0 Å². The minimum atomic E-state index is 0.180. The minimum Gasteiger partial charge on any atom is -0.338 e. The maximum absolute atomic E-state index is 12.5. The molecule has 0 fully saturated rings. The van der Waals surface area contributed by atoms with Crippen molar-refractivity contribution in [3.8, 4) is 0 Å². The Morgan fingerprint density at radius 2 is 2.27 bits per heavy atom. The van der Waals surface area contributed by atoms with Gasteiger partial charge in [-0.3, -0.25) is 4.79 Å². The Kier molecular flexibility index (Phi) is 4.84. The van der Waals surface area contributed by atoms with Crippen LogP contribution in [0, 0.1) is 6.92 Å². The van der Waals surface area contributed by atoms with Crippen LogP contribution in [0.15, 0.2) is 34.0 Å². The molecule has 0 bridgehead atoms. The van der Waals surface area contributed by atoms with Crippen LogP contribution >= 0.6 is 23.1 Å². The summed E-state index contributed by atoms with van der Waals surface area (Å²) in [6, 6.07) is 8.73. The number of carbonyl (C=O) groups excluding carboxylic acids is 1. The first-order valence-electron chi connectivity index (χ1n) is 7.53. The molecule has 0 aliphatic heterocycles. The maximum atomic E-state index is 12.5. The summed E-state index contributed by atoms with van der Waals surface area (Å²) in [5.41, 5.74) is 3.73. The number of thiazole rings is 1. The number of aryl methyl sites for hydroxylation is 2. The van der Waals surface area contributed by atoms with E-state index in [2.05, 4.69) is 29.2 Å². The second-order valence-electron chi connectivity index (χ2n) is 5.65. The van der Waals surface area contributed by atoms with Crippen LogP contribution < -0.4 is 0 Å². The van der Waals surface area contributed by atoms with E-state index in [0.29, 0.717) is 5.75 Å². The first-order valence-corrected chi connectivity index (χ1v) is 9.40. The molecule has 1 amide bonds. The molecule has 1 atom stereocenters. The summed E-state index contributed by atoms with van der Waals surface area (Å²) < 4.78 is 0.975. The molecule has 5 heteroatoms. The zero-order chi connectivity index (χ0) is 15.5. The molecule has 0 saturated carbocycles. The predicted molar refractivity (Wildman–Crippen MR) is 92.5 cm³/mol. The fourth-order valence-corrected chi connectivity index (χ4v) is 4.70. The quantitative estimate of drug-likeness (QED) is 0.791. The lowest BCUT2D eigenvalue weighted by Gasteiger charge is -2.33. The number of nitrogens with zero attached hydrogens (tertiary/aromatic N) is 2. The number of hydrogen-bond donors (Lipinski definition) is 0. The molecule has 1 aromatic heterocycles. The Morgan fingerprint density at radius 3 is 3.05 bits per heavy atom. The van der Waals surface area contributed by atoms with Crippen molar-refractivity contribution in [3.63, 3.8) is 0 Å². The SMILES string of the molecule is Cc1csc(SCC(=O)N(C)C2CCCc3ccccc32)n1. The molecule has 1 aliphatic carbocycles. The van der Waals surface area contributed by atoms with Crippen molar-refractivity contribution in [2.45, 2.75) is 36.6 Å². The number of rotatable bonds is 4. The van der Waals surface area contributed by atoms with Crippen LogP contribution in [0.1, 0.15) is 35.7 Å². The molecule has 22 heavy (non-hydrogen) atoms. The number of thioether (sulfide) groups is 1. The molecule has 1 aromatic carbocycles. The molecule has 2 aromatic rings. The van der Waals surface area contributed by atoms with Crippen molar-refractivity contribution in [1.82, 2.24) is 9.88 Å². The van der Waals surface area contributed by atoms with Gasteiger partial charge in [-0.15, -0.1) is 11.3 Å². The molecule has 0 spiro atoms. The Bertz CT molecular complexity index is 668. The van der Waals surface area contributed by atoms with E-state index in [4.69, 9.17) is 0 Å². The Labute approximate surface area is 139 Å². The second-order valence-corrected chi connectivity index (χ2v) is 7.74. The molecule has 116 valence electrons. The van der Waals surface area contributed by atoms with Crippen molar-refractivity contribution in [1.29, 1.82) is 0 Å². The lowest BCUT2D eigenvalue weighted by molar-refractivity contribution is -0.129. The molecule has 1 unspecified atom stereocenters. The van der Waals surface area contributed by atoms with E-state index in [0.717, 1.165) is 29.3 Å². The van der Waals surface area contributed by atoms with Crippen molar-refractivity contribution in [3.05, 3.63) is 46.5 Å². The summed E-state index contributed by atoms with van der Waals surface area (Å²) >= 11 is 3.15. The maximum Gasteiger partial charge on any atom is 0.233 e. The molecule has 0 saturated heterocycles. The third-order valence-electron chi connectivity index (χ3n) is 4.12. The molecule has 0 N–H and O–H groups in total. The standard InChI is InChI=1S/C17H20N2OS2/c1-12-10-21-17(18-12)22-11-16(20)19(2)15-9-5-7-13-6-3-4-8-14(13)15/h3-4,6,8,10,15H,5,7,9,11H2,1-2H3. The number of amides is 1. The average Bonchev–Trinajstić information content (AvgIpc) is 2.97. The lowest BCUT2D eigenvalue weighted by Crippen LogP contribution is -2.34. The van der Waals surface area contributed by atoms with Gasteiger partial charge in [-0.2, -0.15) is 0 Å². The molecule has 1 aliphatic rings. The van der Waals surface area contributed by atoms with Crippen molar-refractivity contribution in [2.75, 3.05) is 12.8 Å². The molecular formula is C17H20N2OS2. The van der Waals surface area contributed by atoms with Gasteiger partial charge < -0.3 is 4.90 Å². The minimum absolute atomic E-state index is 0.180. The van der Waals surface area contributed by atoms with Gasteiger partial charge in [0.05, 0.1) is 11.8 Å². The Balaban J connectivity index is 1.66. The van der Waals surface area contributed by atoms with Gasteiger partial charge in [0.15, 0.2) is 4.34 Å². The topological polar surface area (TPSA) is 33.2 Å². The van der Waals surface area contributed by atoms with Crippen LogP contribution in [0.4, 0.5) is 0 Å². The van der Waals surface area contributed by atoms with Crippen molar-refractivity contribution < 1.29 is 4.79 Å². The van der Waals surface area contributed by atoms with Gasteiger partial charge >= 0.3 is 0 Å². The van der Waals surface area contributed by atoms with Gasteiger partial charge in [0.1, 0.15) is 0 Å². The summed E-state index contributed by atoms with van der Waals surface area (Å²) in [4.78, 5) is 18.8. The van der Waals surface area contributed by atoms with E-state index >= 15 is 0 Å². The lowest BCUT2D eigenvalue weighted by atomic mass is 9.87. The van der Waals surface area contributed by atoms with Gasteiger partial charge in [0.2, 0.25) is 5.91 Å². The summed E-state index contributed by atoms with van der Waals surface area (Å²) in [6.07, 6.45) is 3.33. The van der Waals surface area contributed by atoms with Crippen LogP contribution in [0.2, 0.25) is 0 Å². The zero-order valence-corrected chi connectivity index (χ0v) is 14.5. The molecule has 0 radical (unpaired) electrons. The largest absolute Gasteiger partial charge is 0.338 e. The number of carbonyl (C=O) groups is 1. The van der Waals surface area contributed by atoms with Crippen LogP contribution in [0.3, 0.4) is 0 Å². The Hall–Kier alpha value is -1.33. The summed E-state index contributed by atoms with van der Waals surface area (Å²) in [5.74, 6) is 0.641. The zero-order valence-electron chi connectivity index (χ0n) is 12.9. The second kappa shape index (κ2) is 6.84. The average molecular weight is 332 g/mol.